The molecule has 1 aliphatic carbocycles. The quantitative estimate of drug-likeness (QED) is 0.861. The number of ketones is 1. The molecule has 2 rings (SSSR count). The van der Waals surface area contributed by atoms with Gasteiger partial charge in [0, 0.05) is 19.3 Å². The third-order valence-corrected chi connectivity index (χ3v) is 3.26. The van der Waals surface area contributed by atoms with E-state index in [0.29, 0.717) is 31.2 Å². The van der Waals surface area contributed by atoms with Crippen molar-refractivity contribution in [3.05, 3.63) is 35.4 Å². The summed E-state index contributed by atoms with van der Waals surface area (Å²) in [7, 11) is 0. The number of carbonyl (C=O) groups is 1. The number of Topliss-reactive ketones (excluding diaryl/α,β-unsaturated/α-hetero) is 1. The molecule has 0 aromatic heterocycles. The number of halogens is 2. The van der Waals surface area contributed by atoms with Crippen molar-refractivity contribution in [2.24, 2.45) is 0 Å². The van der Waals surface area contributed by atoms with Gasteiger partial charge in [0.05, 0.1) is 5.60 Å². The molecule has 0 saturated heterocycles. The van der Waals surface area contributed by atoms with E-state index in [-0.39, 0.29) is 12.2 Å². The predicted octanol–water partition coefficient (Wildman–Crippen LogP) is 2.38. The highest BCUT2D eigenvalue weighted by atomic mass is 19.2. The van der Waals surface area contributed by atoms with E-state index in [4.69, 9.17) is 0 Å². The summed E-state index contributed by atoms with van der Waals surface area (Å²) in [6.07, 6.45) is 1.77. The number of hydrogen-bond acceptors (Lipinski definition) is 2. The summed E-state index contributed by atoms with van der Waals surface area (Å²) in [6, 6.07) is 3.62. The number of rotatable bonds is 2. The minimum absolute atomic E-state index is 0.153. The van der Waals surface area contributed by atoms with E-state index in [1.807, 2.05) is 0 Å². The highest BCUT2D eigenvalue weighted by molar-refractivity contribution is 5.79. The van der Waals surface area contributed by atoms with Gasteiger partial charge >= 0.3 is 0 Å². The van der Waals surface area contributed by atoms with Crippen LogP contribution in [-0.2, 0) is 11.2 Å². The van der Waals surface area contributed by atoms with Crippen molar-refractivity contribution in [2.75, 3.05) is 0 Å². The lowest BCUT2D eigenvalue weighted by molar-refractivity contribution is -0.125. The Morgan fingerprint density at radius 1 is 1.18 bits per heavy atom. The standard InChI is InChI=1S/C13H14F2O2/c14-11-2-1-9(7-12(11)15)8-13(17)5-3-10(16)4-6-13/h1-2,7,17H,3-6,8H2. The monoisotopic (exact) mass is 240 g/mol. The van der Waals surface area contributed by atoms with Crippen LogP contribution in [0.3, 0.4) is 0 Å². The van der Waals surface area contributed by atoms with Gasteiger partial charge in [0.1, 0.15) is 5.78 Å². The van der Waals surface area contributed by atoms with Crippen molar-refractivity contribution in [1.29, 1.82) is 0 Å². The van der Waals surface area contributed by atoms with Gasteiger partial charge in [-0.05, 0) is 30.5 Å². The molecule has 0 spiro atoms. The van der Waals surface area contributed by atoms with Crippen LogP contribution in [0.5, 0.6) is 0 Å². The highest BCUT2D eigenvalue weighted by Crippen LogP contribution is 2.29. The maximum Gasteiger partial charge on any atom is 0.159 e. The van der Waals surface area contributed by atoms with Crippen molar-refractivity contribution in [2.45, 2.75) is 37.7 Å². The summed E-state index contributed by atoms with van der Waals surface area (Å²) in [5.74, 6) is -1.64. The number of carbonyl (C=O) groups excluding carboxylic acids is 1. The second-order valence-corrected chi connectivity index (χ2v) is 4.69. The van der Waals surface area contributed by atoms with Gasteiger partial charge < -0.3 is 5.11 Å². The fourth-order valence-electron chi connectivity index (χ4n) is 2.20. The van der Waals surface area contributed by atoms with E-state index in [1.54, 1.807) is 0 Å². The van der Waals surface area contributed by atoms with Crippen molar-refractivity contribution < 1.29 is 18.7 Å². The Kier molecular flexibility index (Phi) is 3.24. The maximum absolute atomic E-state index is 13.0. The van der Waals surface area contributed by atoms with Crippen LogP contribution in [0, 0.1) is 11.6 Å². The zero-order valence-electron chi connectivity index (χ0n) is 9.38. The fraction of sp³-hybridized carbons (Fsp3) is 0.462. The van der Waals surface area contributed by atoms with Gasteiger partial charge in [-0.2, -0.15) is 0 Å². The van der Waals surface area contributed by atoms with Crippen LogP contribution >= 0.6 is 0 Å². The molecule has 1 aromatic carbocycles. The highest BCUT2D eigenvalue weighted by Gasteiger charge is 2.32. The van der Waals surface area contributed by atoms with Gasteiger partial charge in [-0.25, -0.2) is 8.78 Å². The summed E-state index contributed by atoms with van der Waals surface area (Å²) >= 11 is 0. The second-order valence-electron chi connectivity index (χ2n) is 4.69. The molecule has 0 aliphatic heterocycles. The molecule has 0 atom stereocenters. The lowest BCUT2D eigenvalue weighted by atomic mass is 9.80. The molecule has 1 saturated carbocycles. The second kappa shape index (κ2) is 4.53. The van der Waals surface area contributed by atoms with Gasteiger partial charge in [-0.1, -0.05) is 6.07 Å². The van der Waals surface area contributed by atoms with Gasteiger partial charge in [0.25, 0.3) is 0 Å². The maximum atomic E-state index is 13.0. The molecule has 1 aliphatic rings. The molecule has 1 N–H and O–H groups in total. The Balaban J connectivity index is 2.09. The van der Waals surface area contributed by atoms with Crippen LogP contribution in [0.15, 0.2) is 18.2 Å². The van der Waals surface area contributed by atoms with Crippen LogP contribution in [0.1, 0.15) is 31.2 Å². The molecular formula is C13H14F2O2. The molecule has 0 amide bonds. The first-order chi connectivity index (χ1) is 7.98. The summed E-state index contributed by atoms with van der Waals surface area (Å²) in [5.41, 5.74) is -0.404. The van der Waals surface area contributed by atoms with E-state index in [9.17, 15) is 18.7 Å². The van der Waals surface area contributed by atoms with E-state index >= 15 is 0 Å². The van der Waals surface area contributed by atoms with Crippen molar-refractivity contribution in [1.82, 2.24) is 0 Å². The molecular weight excluding hydrogens is 226 g/mol. The molecule has 0 bridgehead atoms. The van der Waals surface area contributed by atoms with E-state index < -0.39 is 17.2 Å². The molecule has 0 radical (unpaired) electrons. The Labute approximate surface area is 98.3 Å². The Hall–Kier alpha value is -1.29. The minimum atomic E-state index is -0.960. The van der Waals surface area contributed by atoms with Gasteiger partial charge in [0.15, 0.2) is 11.6 Å². The molecule has 1 fully saturated rings. The molecule has 0 unspecified atom stereocenters. The molecule has 4 heteroatoms. The molecule has 1 aromatic rings. The normalized spacial score (nSPS) is 19.4. The smallest absolute Gasteiger partial charge is 0.159 e. The lowest BCUT2D eigenvalue weighted by Gasteiger charge is -2.31. The van der Waals surface area contributed by atoms with Crippen molar-refractivity contribution in [3.63, 3.8) is 0 Å². The SMILES string of the molecule is O=C1CCC(O)(Cc2ccc(F)c(F)c2)CC1. The molecule has 0 heterocycles. The first-order valence-corrected chi connectivity index (χ1v) is 5.67. The number of hydrogen-bond donors (Lipinski definition) is 1. The van der Waals surface area contributed by atoms with Gasteiger partial charge in [0.2, 0.25) is 0 Å². The Bertz CT molecular complexity index is 433. The summed E-state index contributed by atoms with van der Waals surface area (Å²) in [5, 5.41) is 10.2. The Morgan fingerprint density at radius 2 is 1.82 bits per heavy atom. The third kappa shape index (κ3) is 2.88. The number of benzene rings is 1. The van der Waals surface area contributed by atoms with Gasteiger partial charge in [-0.15, -0.1) is 0 Å². The number of aliphatic hydroxyl groups is 1. The molecule has 92 valence electrons. The van der Waals surface area contributed by atoms with E-state index in [0.717, 1.165) is 12.1 Å². The summed E-state index contributed by atoms with van der Waals surface area (Å²) < 4.78 is 25.8. The van der Waals surface area contributed by atoms with Crippen LogP contribution in [0.2, 0.25) is 0 Å². The largest absolute Gasteiger partial charge is 0.390 e. The van der Waals surface area contributed by atoms with Crippen molar-refractivity contribution in [3.8, 4) is 0 Å². The molecule has 17 heavy (non-hydrogen) atoms. The van der Waals surface area contributed by atoms with Crippen LogP contribution in [-0.4, -0.2) is 16.5 Å². The average Bonchev–Trinajstić information content (AvgIpc) is 2.28. The van der Waals surface area contributed by atoms with E-state index in [2.05, 4.69) is 0 Å². The summed E-state index contributed by atoms with van der Waals surface area (Å²) in [4.78, 5) is 11.1. The Morgan fingerprint density at radius 3 is 2.41 bits per heavy atom. The predicted molar refractivity (Wildman–Crippen MR) is 58.5 cm³/mol. The third-order valence-electron chi connectivity index (χ3n) is 3.26. The van der Waals surface area contributed by atoms with Gasteiger partial charge in [-0.3, -0.25) is 4.79 Å². The summed E-state index contributed by atoms with van der Waals surface area (Å²) in [6.45, 7) is 0. The zero-order chi connectivity index (χ0) is 12.5. The first kappa shape index (κ1) is 12.2. The molecule has 2 nitrogen and oxygen atoms in total. The van der Waals surface area contributed by atoms with Crippen LogP contribution < -0.4 is 0 Å². The minimum Gasteiger partial charge on any atom is -0.390 e. The van der Waals surface area contributed by atoms with Crippen molar-refractivity contribution >= 4 is 5.78 Å². The lowest BCUT2D eigenvalue weighted by Crippen LogP contribution is -2.36. The van der Waals surface area contributed by atoms with E-state index in [1.165, 1.54) is 6.07 Å². The average molecular weight is 240 g/mol. The first-order valence-electron chi connectivity index (χ1n) is 5.67. The van der Waals surface area contributed by atoms with Crippen LogP contribution in [0.4, 0.5) is 8.78 Å². The van der Waals surface area contributed by atoms with Crippen LogP contribution in [0.25, 0.3) is 0 Å². The topological polar surface area (TPSA) is 37.3 Å². The zero-order valence-corrected chi connectivity index (χ0v) is 9.38. The fourth-order valence-corrected chi connectivity index (χ4v) is 2.20.